The summed E-state index contributed by atoms with van der Waals surface area (Å²) < 4.78 is 0. The van der Waals surface area contributed by atoms with Crippen LogP contribution in [0, 0.1) is 41.4 Å². The number of benzene rings is 5. The number of rotatable bonds is 3. The minimum atomic E-state index is 0.0108. The number of anilines is 6. The molecule has 0 aromatic heterocycles. The third-order valence-electron chi connectivity index (χ3n) is 21.6. The van der Waals surface area contributed by atoms with Crippen LogP contribution in [0.15, 0.2) is 84.9 Å². The van der Waals surface area contributed by atoms with Gasteiger partial charge in [0.15, 0.2) is 0 Å². The predicted molar refractivity (Wildman–Crippen MR) is 293 cm³/mol. The van der Waals surface area contributed by atoms with Crippen LogP contribution in [-0.4, -0.2) is 6.71 Å². The maximum absolute atomic E-state index is 2.84. The molecule has 2 heterocycles. The normalized spacial score (nSPS) is 31.4. The molecule has 0 saturated heterocycles. The van der Waals surface area contributed by atoms with E-state index in [1.165, 1.54) is 118 Å². The molecule has 0 atom stereocenters. The second-order valence-corrected chi connectivity index (χ2v) is 29.9. The van der Waals surface area contributed by atoms with Gasteiger partial charge >= 0.3 is 0 Å². The summed E-state index contributed by atoms with van der Waals surface area (Å²) in [7, 11) is 0. The van der Waals surface area contributed by atoms with E-state index < -0.39 is 0 Å². The van der Waals surface area contributed by atoms with E-state index in [-0.39, 0.29) is 44.6 Å². The molecule has 9 aliphatic carbocycles. The first-order valence-corrected chi connectivity index (χ1v) is 27.7. The quantitative estimate of drug-likeness (QED) is 0.163. The van der Waals surface area contributed by atoms with Crippen molar-refractivity contribution >= 4 is 57.2 Å². The molecule has 7 saturated carbocycles. The maximum atomic E-state index is 2.84. The summed E-state index contributed by atoms with van der Waals surface area (Å²) in [6, 6.07) is 36.2. The molecule has 5 aromatic carbocycles. The van der Waals surface area contributed by atoms with Crippen LogP contribution < -0.4 is 26.2 Å². The number of hydrogen-bond donors (Lipinski definition) is 0. The van der Waals surface area contributed by atoms with Crippen molar-refractivity contribution in [3.63, 3.8) is 0 Å². The number of hydrogen-bond acceptors (Lipinski definition) is 2. The summed E-state index contributed by atoms with van der Waals surface area (Å²) in [5.74, 6) is 6.72. The van der Waals surface area contributed by atoms with Crippen LogP contribution in [0.4, 0.5) is 34.1 Å². The van der Waals surface area contributed by atoms with Gasteiger partial charge < -0.3 is 9.80 Å². The zero-order valence-electron chi connectivity index (χ0n) is 44.8. The van der Waals surface area contributed by atoms with Gasteiger partial charge in [-0.15, -0.1) is 0 Å². The summed E-state index contributed by atoms with van der Waals surface area (Å²) in [5.41, 5.74) is 24.0. The van der Waals surface area contributed by atoms with Crippen molar-refractivity contribution in [2.45, 2.75) is 186 Å². The Morgan fingerprint density at radius 2 is 0.899 bits per heavy atom. The topological polar surface area (TPSA) is 6.48 Å². The van der Waals surface area contributed by atoms with Gasteiger partial charge in [-0.05, 0) is 235 Å². The monoisotopic (exact) mass is 911 g/mol. The Balaban J connectivity index is 1.09. The zero-order valence-corrected chi connectivity index (χ0v) is 44.8. The zero-order chi connectivity index (χ0) is 48.1. The number of nitrogens with zero attached hydrogens (tertiary/aromatic N) is 2. The first-order valence-electron chi connectivity index (χ1n) is 27.7. The van der Waals surface area contributed by atoms with Crippen LogP contribution in [0.3, 0.4) is 0 Å². The van der Waals surface area contributed by atoms with Crippen LogP contribution in [-0.2, 0) is 37.9 Å². The second kappa shape index (κ2) is 13.2. The van der Waals surface area contributed by atoms with E-state index in [9.17, 15) is 0 Å². The Morgan fingerprint density at radius 3 is 1.45 bits per heavy atom. The van der Waals surface area contributed by atoms with Crippen molar-refractivity contribution in [3.8, 4) is 0 Å². The molecule has 0 N–H and O–H groups in total. The van der Waals surface area contributed by atoms with Crippen LogP contribution >= 0.6 is 0 Å². The summed E-state index contributed by atoms with van der Waals surface area (Å²) in [4.78, 5) is 5.58. The summed E-state index contributed by atoms with van der Waals surface area (Å²) in [6.45, 7) is 34.4. The van der Waals surface area contributed by atoms with Crippen LogP contribution in [0.2, 0.25) is 0 Å². The lowest BCUT2D eigenvalue weighted by Crippen LogP contribution is -2.66. The average molecular weight is 911 g/mol. The van der Waals surface area contributed by atoms with E-state index >= 15 is 0 Å². The van der Waals surface area contributed by atoms with Crippen molar-refractivity contribution in [2.75, 3.05) is 9.80 Å². The molecule has 0 spiro atoms. The summed E-state index contributed by atoms with van der Waals surface area (Å²) in [5, 5.41) is 0. The van der Waals surface area contributed by atoms with Gasteiger partial charge in [0.25, 0.3) is 6.71 Å². The molecule has 69 heavy (non-hydrogen) atoms. The van der Waals surface area contributed by atoms with Gasteiger partial charge in [-0.1, -0.05) is 133 Å². The second-order valence-electron chi connectivity index (χ2n) is 29.9. The minimum absolute atomic E-state index is 0.0108. The first-order chi connectivity index (χ1) is 32.3. The third-order valence-corrected chi connectivity index (χ3v) is 21.6. The van der Waals surface area contributed by atoms with E-state index in [1.807, 2.05) is 0 Å². The average Bonchev–Trinajstić information content (AvgIpc) is 3.59. The van der Waals surface area contributed by atoms with E-state index in [1.54, 1.807) is 16.7 Å². The molecule has 3 heteroatoms. The summed E-state index contributed by atoms with van der Waals surface area (Å²) in [6.07, 6.45) is 11.1. The van der Waals surface area contributed by atoms with Crippen molar-refractivity contribution < 1.29 is 0 Å². The van der Waals surface area contributed by atoms with Gasteiger partial charge in [0.2, 0.25) is 0 Å². The van der Waals surface area contributed by atoms with Crippen LogP contribution in [0.5, 0.6) is 0 Å². The molecule has 0 unspecified atom stereocenters. The molecule has 2 aliphatic heterocycles. The standard InChI is InChI=1S/C66H79BN2/c1-60(2,3)38-15-18-41(19-16-38)68-55-22-17-39(61(4,5)6)26-53(55)67-54-30-51-52(65(13,14)36-64(51,11)12)31-56(54)69(42-20-21-49-50(29-42)63(9,10)35-62(49,7)8)58-28-40(27-57(68)59(58)67)66-32-46-43-23-37-24-44(46)48(34-66)45(25-37)47(43)33-66/h15-22,26-31,37,43-48H,23-25,32-36H2,1-14H3. The molecule has 11 aliphatic rings. The van der Waals surface area contributed by atoms with E-state index in [0.29, 0.717) is 0 Å². The van der Waals surface area contributed by atoms with Crippen LogP contribution in [0.1, 0.15) is 187 Å². The van der Waals surface area contributed by atoms with Crippen molar-refractivity contribution in [3.05, 3.63) is 124 Å². The van der Waals surface area contributed by atoms with Gasteiger partial charge in [0.05, 0.1) is 0 Å². The van der Waals surface area contributed by atoms with Crippen molar-refractivity contribution in [2.24, 2.45) is 41.4 Å². The minimum Gasteiger partial charge on any atom is -0.311 e. The molecule has 5 aromatic rings. The maximum Gasteiger partial charge on any atom is 0.252 e. The fourth-order valence-electron chi connectivity index (χ4n) is 19.3. The molecule has 8 bridgehead atoms. The Kier molecular flexibility index (Phi) is 8.35. The highest BCUT2D eigenvalue weighted by Crippen LogP contribution is 2.75. The molecule has 2 nitrogen and oxygen atoms in total. The number of fused-ring (bicyclic) bond motifs is 6. The van der Waals surface area contributed by atoms with E-state index in [2.05, 4.69) is 192 Å². The Morgan fingerprint density at radius 1 is 0.435 bits per heavy atom. The molecular formula is C66H79BN2. The Labute approximate surface area is 416 Å². The first kappa shape index (κ1) is 43.5. The van der Waals surface area contributed by atoms with Gasteiger partial charge in [0, 0.05) is 34.1 Å². The van der Waals surface area contributed by atoms with Crippen molar-refractivity contribution in [1.82, 2.24) is 0 Å². The van der Waals surface area contributed by atoms with Gasteiger partial charge in [0.1, 0.15) is 0 Å². The smallest absolute Gasteiger partial charge is 0.252 e. The lowest BCUT2D eigenvalue weighted by Gasteiger charge is -2.72. The SMILES string of the molecule is CC(C)(C)c1ccc(N2c3ccc(C(C)(C)C)cc3B3c4cc5c(cc4N(c4ccc6c(c4)C(C)(C)CC6(C)C)c4cc(C67CC8C9CC%10CC8C(C6)C(C%10)C9C7)cc2c43)C(C)(C)CC5(C)C)cc1. The lowest BCUT2D eigenvalue weighted by atomic mass is 9.31. The molecule has 356 valence electrons. The van der Waals surface area contributed by atoms with E-state index in [0.717, 1.165) is 47.8 Å². The molecular weight excluding hydrogens is 832 g/mol. The summed E-state index contributed by atoms with van der Waals surface area (Å²) >= 11 is 0. The van der Waals surface area contributed by atoms with Gasteiger partial charge in [-0.25, -0.2) is 0 Å². The highest BCUT2D eigenvalue weighted by atomic mass is 15.2. The molecule has 16 rings (SSSR count). The predicted octanol–water partition coefficient (Wildman–Crippen LogP) is 15.2. The van der Waals surface area contributed by atoms with Crippen LogP contribution in [0.25, 0.3) is 0 Å². The Hall–Kier alpha value is -4.24. The highest BCUT2D eigenvalue weighted by molar-refractivity contribution is 7.00. The highest BCUT2D eigenvalue weighted by Gasteiger charge is 2.68. The van der Waals surface area contributed by atoms with Crippen molar-refractivity contribution in [1.29, 1.82) is 0 Å². The molecule has 0 amide bonds. The molecule has 0 radical (unpaired) electrons. The third kappa shape index (κ3) is 5.80. The Bertz CT molecular complexity index is 2990. The van der Waals surface area contributed by atoms with Gasteiger partial charge in [-0.3, -0.25) is 0 Å². The largest absolute Gasteiger partial charge is 0.311 e. The fraction of sp³-hybridized carbons (Fsp3) is 0.545. The van der Waals surface area contributed by atoms with E-state index in [4.69, 9.17) is 0 Å². The van der Waals surface area contributed by atoms with Gasteiger partial charge in [-0.2, -0.15) is 0 Å². The fourth-order valence-corrected chi connectivity index (χ4v) is 19.3. The lowest BCUT2D eigenvalue weighted by molar-refractivity contribution is -0.212. The molecule has 7 fully saturated rings.